The van der Waals surface area contributed by atoms with Crippen LogP contribution < -0.4 is 5.32 Å². The van der Waals surface area contributed by atoms with Crippen LogP contribution in [-0.2, 0) is 9.47 Å². The third kappa shape index (κ3) is 3.34. The maximum Gasteiger partial charge on any atom is 0.148 e. The molecule has 1 atom stereocenters. The summed E-state index contributed by atoms with van der Waals surface area (Å²) in [5.74, 6) is 0. The number of ether oxygens (including phenoxy) is 2. The van der Waals surface area contributed by atoms with Gasteiger partial charge in [0.25, 0.3) is 0 Å². The van der Waals surface area contributed by atoms with Crippen molar-refractivity contribution < 1.29 is 9.47 Å². The maximum atomic E-state index is 5.51. The lowest BCUT2D eigenvalue weighted by Crippen LogP contribution is -2.56. The highest BCUT2D eigenvalue weighted by Gasteiger charge is 2.48. The molecule has 20 heavy (non-hydrogen) atoms. The Morgan fingerprint density at radius 2 is 2.00 bits per heavy atom. The van der Waals surface area contributed by atoms with Crippen molar-refractivity contribution in [3.8, 4) is 0 Å². The van der Waals surface area contributed by atoms with E-state index in [9.17, 15) is 0 Å². The van der Waals surface area contributed by atoms with Crippen LogP contribution in [-0.4, -0.2) is 75.2 Å². The molecule has 0 bridgehead atoms. The van der Waals surface area contributed by atoms with E-state index in [4.69, 9.17) is 9.47 Å². The van der Waals surface area contributed by atoms with Crippen molar-refractivity contribution in [2.75, 3.05) is 59.4 Å². The first-order valence-corrected chi connectivity index (χ1v) is 8.14. The molecule has 0 radical (unpaired) electrons. The second-order valence-corrected chi connectivity index (χ2v) is 6.61. The number of hydrogen-bond donors (Lipinski definition) is 1. The van der Waals surface area contributed by atoms with E-state index in [0.29, 0.717) is 12.2 Å². The van der Waals surface area contributed by atoms with Gasteiger partial charge in [0.15, 0.2) is 0 Å². The summed E-state index contributed by atoms with van der Waals surface area (Å²) < 4.78 is 10.7. The molecule has 0 aromatic heterocycles. The smallest absolute Gasteiger partial charge is 0.148 e. The van der Waals surface area contributed by atoms with Crippen LogP contribution in [0.25, 0.3) is 0 Å². The minimum absolute atomic E-state index is 0.434. The summed E-state index contributed by atoms with van der Waals surface area (Å²) in [4.78, 5) is 5.12. The van der Waals surface area contributed by atoms with Crippen molar-refractivity contribution in [1.29, 1.82) is 0 Å². The van der Waals surface area contributed by atoms with Gasteiger partial charge >= 0.3 is 0 Å². The highest BCUT2D eigenvalue weighted by Crippen LogP contribution is 2.46. The summed E-state index contributed by atoms with van der Waals surface area (Å²) >= 11 is 0. The van der Waals surface area contributed by atoms with Crippen molar-refractivity contribution in [3.05, 3.63) is 0 Å². The Morgan fingerprint density at radius 1 is 1.20 bits per heavy atom. The number of rotatable bonds is 6. The van der Waals surface area contributed by atoms with Gasteiger partial charge in [-0.15, -0.1) is 0 Å². The molecule has 3 rings (SSSR count). The van der Waals surface area contributed by atoms with Gasteiger partial charge in [-0.05, 0) is 31.6 Å². The minimum atomic E-state index is 0.434. The minimum Gasteiger partial charge on any atom is -0.356 e. The van der Waals surface area contributed by atoms with Gasteiger partial charge in [-0.3, -0.25) is 9.80 Å². The summed E-state index contributed by atoms with van der Waals surface area (Å²) in [6, 6.07) is 0.837. The molecule has 1 aliphatic carbocycles. The van der Waals surface area contributed by atoms with Gasteiger partial charge in [-0.1, -0.05) is 0 Å². The number of piperazine rings is 1. The second-order valence-electron chi connectivity index (χ2n) is 6.61. The lowest BCUT2D eigenvalue weighted by molar-refractivity contribution is -0.130. The van der Waals surface area contributed by atoms with E-state index in [1.807, 2.05) is 6.92 Å². The van der Waals surface area contributed by atoms with Gasteiger partial charge in [-0.2, -0.15) is 0 Å². The van der Waals surface area contributed by atoms with Crippen LogP contribution in [0.3, 0.4) is 0 Å². The summed E-state index contributed by atoms with van der Waals surface area (Å²) in [6.45, 7) is 11.2. The first-order chi connectivity index (χ1) is 9.81. The fourth-order valence-electron chi connectivity index (χ4n) is 4.13. The predicted molar refractivity (Wildman–Crippen MR) is 78.5 cm³/mol. The van der Waals surface area contributed by atoms with E-state index in [1.165, 1.54) is 58.5 Å². The van der Waals surface area contributed by atoms with E-state index >= 15 is 0 Å². The normalized spacial score (nSPS) is 30.8. The van der Waals surface area contributed by atoms with Crippen LogP contribution in [0.1, 0.15) is 26.2 Å². The van der Waals surface area contributed by atoms with Crippen LogP contribution in [0.4, 0.5) is 0 Å². The van der Waals surface area contributed by atoms with Crippen LogP contribution in [0.2, 0.25) is 0 Å². The molecule has 0 amide bonds. The SMILES string of the molecule is CCOCOCN1CC2(CC[C@@H](N3CCNCC3)C2)C1. The molecule has 1 spiro atoms. The van der Waals surface area contributed by atoms with Gasteiger partial charge < -0.3 is 14.8 Å². The third-order valence-corrected chi connectivity index (χ3v) is 5.11. The van der Waals surface area contributed by atoms with Gasteiger partial charge in [0, 0.05) is 51.9 Å². The number of likely N-dealkylation sites (tertiary alicyclic amines) is 1. The van der Waals surface area contributed by atoms with Crippen molar-refractivity contribution in [2.45, 2.75) is 32.2 Å². The molecule has 116 valence electrons. The molecule has 0 aromatic carbocycles. The Morgan fingerprint density at radius 3 is 2.75 bits per heavy atom. The Kier molecular flexibility index (Phi) is 4.94. The van der Waals surface area contributed by atoms with Crippen LogP contribution >= 0.6 is 0 Å². The molecular formula is C15H29N3O2. The van der Waals surface area contributed by atoms with Gasteiger partial charge in [-0.25, -0.2) is 0 Å². The molecule has 5 heteroatoms. The van der Waals surface area contributed by atoms with Crippen molar-refractivity contribution in [3.63, 3.8) is 0 Å². The zero-order valence-electron chi connectivity index (χ0n) is 12.8. The van der Waals surface area contributed by atoms with Crippen molar-refractivity contribution in [1.82, 2.24) is 15.1 Å². The van der Waals surface area contributed by atoms with E-state index in [2.05, 4.69) is 15.1 Å². The Bertz CT molecular complexity index is 301. The van der Waals surface area contributed by atoms with E-state index in [0.717, 1.165) is 19.4 Å². The molecule has 0 unspecified atom stereocenters. The molecule has 5 nitrogen and oxygen atoms in total. The van der Waals surface area contributed by atoms with Crippen molar-refractivity contribution in [2.24, 2.45) is 5.41 Å². The monoisotopic (exact) mass is 283 g/mol. The average molecular weight is 283 g/mol. The summed E-state index contributed by atoms with van der Waals surface area (Å²) in [5, 5.41) is 3.45. The highest BCUT2D eigenvalue weighted by molar-refractivity contribution is 5.02. The lowest BCUT2D eigenvalue weighted by Gasteiger charge is -2.48. The van der Waals surface area contributed by atoms with E-state index < -0.39 is 0 Å². The van der Waals surface area contributed by atoms with Gasteiger partial charge in [0.1, 0.15) is 13.5 Å². The Balaban J connectivity index is 1.36. The maximum absolute atomic E-state index is 5.51. The average Bonchev–Trinajstić information content (AvgIpc) is 2.89. The lowest BCUT2D eigenvalue weighted by atomic mass is 9.78. The zero-order valence-corrected chi connectivity index (χ0v) is 12.8. The molecule has 0 aromatic rings. The molecule has 1 saturated carbocycles. The first kappa shape index (κ1) is 14.7. The molecular weight excluding hydrogens is 254 g/mol. The summed E-state index contributed by atoms with van der Waals surface area (Å²) in [5.41, 5.74) is 0.602. The number of hydrogen-bond acceptors (Lipinski definition) is 5. The summed E-state index contributed by atoms with van der Waals surface area (Å²) in [7, 11) is 0. The fraction of sp³-hybridized carbons (Fsp3) is 1.00. The first-order valence-electron chi connectivity index (χ1n) is 8.14. The highest BCUT2D eigenvalue weighted by atomic mass is 16.7. The fourth-order valence-corrected chi connectivity index (χ4v) is 4.13. The van der Waals surface area contributed by atoms with E-state index in [-0.39, 0.29) is 0 Å². The Labute approximate surface area is 122 Å². The standard InChI is InChI=1S/C15H29N3O2/c1-2-19-13-20-12-17-10-15(11-17)4-3-14(9-15)18-7-5-16-6-8-18/h14,16H,2-13H2,1H3/t14-/m1/s1. The molecule has 2 aliphatic heterocycles. The summed E-state index contributed by atoms with van der Waals surface area (Å²) in [6.07, 6.45) is 4.20. The Hall–Kier alpha value is -0.200. The molecule has 3 aliphatic rings. The van der Waals surface area contributed by atoms with Crippen molar-refractivity contribution >= 4 is 0 Å². The van der Waals surface area contributed by atoms with E-state index in [1.54, 1.807) is 0 Å². The molecule has 2 heterocycles. The molecule has 3 fully saturated rings. The number of nitrogens with one attached hydrogen (secondary N) is 1. The molecule has 1 N–H and O–H groups in total. The quantitative estimate of drug-likeness (QED) is 0.574. The van der Waals surface area contributed by atoms with Crippen LogP contribution in [0.5, 0.6) is 0 Å². The predicted octanol–water partition coefficient (Wildman–Crippen LogP) is 0.714. The second kappa shape index (κ2) is 6.71. The van der Waals surface area contributed by atoms with Gasteiger partial charge in [0.2, 0.25) is 0 Å². The number of nitrogens with zero attached hydrogens (tertiary/aromatic N) is 2. The third-order valence-electron chi connectivity index (χ3n) is 5.11. The largest absolute Gasteiger partial charge is 0.356 e. The van der Waals surface area contributed by atoms with Gasteiger partial charge in [0.05, 0.1) is 0 Å². The molecule has 2 saturated heterocycles. The zero-order chi connectivity index (χ0) is 13.8. The van der Waals surface area contributed by atoms with Crippen LogP contribution in [0.15, 0.2) is 0 Å². The topological polar surface area (TPSA) is 37.0 Å². The van der Waals surface area contributed by atoms with Crippen LogP contribution in [0, 0.1) is 5.41 Å².